The molecule has 170 valence electrons. The quantitative estimate of drug-likeness (QED) is 0.653. The van der Waals surface area contributed by atoms with Crippen molar-refractivity contribution in [3.63, 3.8) is 0 Å². The number of carbonyl (C=O) groups is 1. The van der Waals surface area contributed by atoms with E-state index in [9.17, 15) is 4.79 Å². The Balaban J connectivity index is 1.20. The Labute approximate surface area is 193 Å². The lowest BCUT2D eigenvalue weighted by atomic mass is 9.78. The van der Waals surface area contributed by atoms with E-state index in [1.165, 1.54) is 19.3 Å². The van der Waals surface area contributed by atoms with Crippen LogP contribution in [0.15, 0.2) is 30.7 Å². The molecule has 32 heavy (non-hydrogen) atoms. The largest absolute Gasteiger partial charge is 0.450 e. The van der Waals surface area contributed by atoms with Crippen LogP contribution in [-0.4, -0.2) is 82.8 Å². The van der Waals surface area contributed by atoms with Crippen molar-refractivity contribution in [2.45, 2.75) is 32.2 Å². The van der Waals surface area contributed by atoms with E-state index in [4.69, 9.17) is 16.3 Å². The van der Waals surface area contributed by atoms with Gasteiger partial charge in [0, 0.05) is 68.7 Å². The fourth-order valence-corrected chi connectivity index (χ4v) is 5.63. The van der Waals surface area contributed by atoms with Gasteiger partial charge in [0.1, 0.15) is 11.0 Å². The lowest BCUT2D eigenvalue weighted by molar-refractivity contribution is -0.00294. The Morgan fingerprint density at radius 3 is 2.75 bits per heavy atom. The molecule has 0 aromatic carbocycles. The van der Waals surface area contributed by atoms with Crippen LogP contribution in [0, 0.1) is 5.41 Å². The van der Waals surface area contributed by atoms with Gasteiger partial charge in [-0.15, -0.1) is 0 Å². The number of hydrogen-bond donors (Lipinski definition) is 0. The Morgan fingerprint density at radius 1 is 1.22 bits per heavy atom. The van der Waals surface area contributed by atoms with Crippen LogP contribution in [0.2, 0.25) is 5.15 Å². The lowest BCUT2D eigenvalue weighted by Crippen LogP contribution is -2.58. The summed E-state index contributed by atoms with van der Waals surface area (Å²) in [6.07, 6.45) is 8.54. The van der Waals surface area contributed by atoms with Crippen molar-refractivity contribution < 1.29 is 9.53 Å². The molecule has 2 aromatic heterocycles. The van der Waals surface area contributed by atoms with Gasteiger partial charge in [0.2, 0.25) is 0 Å². The highest BCUT2D eigenvalue weighted by atomic mass is 35.5. The molecule has 0 unspecified atom stereocenters. The van der Waals surface area contributed by atoms with E-state index >= 15 is 0 Å². The number of pyridine rings is 1. The van der Waals surface area contributed by atoms with E-state index < -0.39 is 0 Å². The minimum atomic E-state index is -0.164. The first-order chi connectivity index (χ1) is 15.6. The third kappa shape index (κ3) is 4.13. The molecule has 1 amide bonds. The predicted octanol–water partition coefficient (Wildman–Crippen LogP) is 3.33. The van der Waals surface area contributed by atoms with Crippen LogP contribution in [-0.2, 0) is 4.74 Å². The molecule has 9 heteroatoms. The number of likely N-dealkylation sites (tertiary alicyclic amines) is 1. The summed E-state index contributed by atoms with van der Waals surface area (Å²) < 4.78 is 5.14. The van der Waals surface area contributed by atoms with Gasteiger partial charge in [0.25, 0.3) is 0 Å². The van der Waals surface area contributed by atoms with Crippen LogP contribution < -0.4 is 4.90 Å². The van der Waals surface area contributed by atoms with Gasteiger partial charge in [0.05, 0.1) is 18.5 Å². The van der Waals surface area contributed by atoms with Crippen molar-refractivity contribution in [3.8, 4) is 11.3 Å². The summed E-state index contributed by atoms with van der Waals surface area (Å²) in [5, 5.41) is 0.490. The molecule has 4 heterocycles. The van der Waals surface area contributed by atoms with E-state index in [0.29, 0.717) is 23.2 Å². The van der Waals surface area contributed by atoms with Gasteiger partial charge in [-0.3, -0.25) is 14.9 Å². The first kappa shape index (κ1) is 21.4. The first-order valence-corrected chi connectivity index (χ1v) is 11.8. The van der Waals surface area contributed by atoms with E-state index in [2.05, 4.69) is 24.8 Å². The van der Waals surface area contributed by atoms with Crippen molar-refractivity contribution in [2.24, 2.45) is 5.41 Å². The highest BCUT2D eigenvalue weighted by Gasteiger charge is 2.51. The summed E-state index contributed by atoms with van der Waals surface area (Å²) in [6.45, 7) is 7.78. The zero-order chi connectivity index (χ0) is 22.1. The van der Waals surface area contributed by atoms with E-state index in [-0.39, 0.29) is 6.09 Å². The van der Waals surface area contributed by atoms with Crippen LogP contribution >= 0.6 is 11.6 Å². The SMILES string of the molecule is CCOC(=O)N1CC2(CC[C@@H](N3CCN(c4nc(Cl)ccc4-c4cnccn4)CC3)C2)C1. The number of rotatable bonds is 4. The summed E-state index contributed by atoms with van der Waals surface area (Å²) in [7, 11) is 0. The Morgan fingerprint density at radius 2 is 2.03 bits per heavy atom. The smallest absolute Gasteiger partial charge is 0.409 e. The fraction of sp³-hybridized carbons (Fsp3) is 0.565. The Hall–Kier alpha value is -2.45. The van der Waals surface area contributed by atoms with E-state index in [1.54, 1.807) is 18.6 Å². The average Bonchev–Trinajstić information content (AvgIpc) is 3.25. The number of piperazine rings is 1. The number of anilines is 1. The second-order valence-corrected chi connectivity index (χ2v) is 9.46. The minimum Gasteiger partial charge on any atom is -0.450 e. The van der Waals surface area contributed by atoms with Gasteiger partial charge in [-0.05, 0) is 38.3 Å². The third-order valence-electron chi connectivity index (χ3n) is 7.07. The van der Waals surface area contributed by atoms with E-state index in [0.717, 1.165) is 56.3 Å². The summed E-state index contributed by atoms with van der Waals surface area (Å²) in [5.74, 6) is 0.879. The van der Waals surface area contributed by atoms with Crippen molar-refractivity contribution in [1.29, 1.82) is 0 Å². The molecule has 3 aliphatic rings. The van der Waals surface area contributed by atoms with Gasteiger partial charge in [-0.25, -0.2) is 9.78 Å². The molecule has 8 nitrogen and oxygen atoms in total. The number of aromatic nitrogens is 3. The molecule has 1 spiro atoms. The van der Waals surface area contributed by atoms with Gasteiger partial charge in [-0.2, -0.15) is 0 Å². The van der Waals surface area contributed by atoms with Crippen LogP contribution in [0.3, 0.4) is 0 Å². The Bertz CT molecular complexity index is 960. The molecule has 3 fully saturated rings. The summed E-state index contributed by atoms with van der Waals surface area (Å²) >= 11 is 6.24. The summed E-state index contributed by atoms with van der Waals surface area (Å²) in [4.78, 5) is 32.0. The number of halogens is 1. The van der Waals surface area contributed by atoms with Gasteiger partial charge >= 0.3 is 6.09 Å². The molecular formula is C23H29ClN6O2. The minimum absolute atomic E-state index is 0.164. The maximum Gasteiger partial charge on any atom is 0.409 e. The molecule has 1 saturated carbocycles. The molecule has 2 aromatic rings. The molecule has 1 atom stereocenters. The zero-order valence-corrected chi connectivity index (χ0v) is 19.2. The highest BCUT2D eigenvalue weighted by Crippen LogP contribution is 2.47. The molecule has 0 bridgehead atoms. The molecule has 1 aliphatic carbocycles. The van der Waals surface area contributed by atoms with Crippen LogP contribution in [0.1, 0.15) is 26.2 Å². The molecule has 2 saturated heterocycles. The number of amides is 1. The Kier molecular flexibility index (Phi) is 5.90. The highest BCUT2D eigenvalue weighted by molar-refractivity contribution is 6.29. The summed E-state index contributed by atoms with van der Waals surface area (Å²) in [5.41, 5.74) is 2.06. The topological polar surface area (TPSA) is 74.7 Å². The zero-order valence-electron chi connectivity index (χ0n) is 18.4. The van der Waals surface area contributed by atoms with Crippen molar-refractivity contribution in [2.75, 3.05) is 50.8 Å². The fourth-order valence-electron chi connectivity index (χ4n) is 5.49. The van der Waals surface area contributed by atoms with Crippen LogP contribution in [0.5, 0.6) is 0 Å². The van der Waals surface area contributed by atoms with Crippen LogP contribution in [0.4, 0.5) is 10.6 Å². The maximum absolute atomic E-state index is 11.9. The lowest BCUT2D eigenvalue weighted by Gasteiger charge is -2.48. The van der Waals surface area contributed by atoms with E-state index in [1.807, 2.05) is 24.0 Å². The normalized spacial score (nSPS) is 22.8. The maximum atomic E-state index is 11.9. The van der Waals surface area contributed by atoms with Gasteiger partial charge in [-0.1, -0.05) is 11.6 Å². The molecule has 2 aliphatic heterocycles. The van der Waals surface area contributed by atoms with Crippen molar-refractivity contribution in [3.05, 3.63) is 35.9 Å². The predicted molar refractivity (Wildman–Crippen MR) is 123 cm³/mol. The molecule has 0 N–H and O–H groups in total. The second-order valence-electron chi connectivity index (χ2n) is 9.07. The third-order valence-corrected chi connectivity index (χ3v) is 7.28. The average molecular weight is 457 g/mol. The standard InChI is InChI=1S/C23H29ClN6O2/c1-2-32-22(31)30-15-23(16-30)6-5-17(13-23)28-9-11-29(12-10-28)21-18(3-4-20(24)27-21)19-14-25-7-8-26-19/h3-4,7-8,14,17H,2,5-6,9-13,15-16H2,1H3/t17-/m1/s1. The first-order valence-electron chi connectivity index (χ1n) is 11.4. The summed E-state index contributed by atoms with van der Waals surface area (Å²) in [6, 6.07) is 4.38. The monoisotopic (exact) mass is 456 g/mol. The van der Waals surface area contributed by atoms with Crippen molar-refractivity contribution in [1.82, 2.24) is 24.8 Å². The number of carbonyl (C=O) groups excluding carboxylic acids is 1. The number of ether oxygens (including phenoxy) is 1. The van der Waals surface area contributed by atoms with Crippen LogP contribution in [0.25, 0.3) is 11.3 Å². The molecular weight excluding hydrogens is 428 g/mol. The molecule has 0 radical (unpaired) electrons. The van der Waals surface area contributed by atoms with Crippen molar-refractivity contribution >= 4 is 23.5 Å². The molecule has 5 rings (SSSR count). The number of nitrogens with zero attached hydrogens (tertiary/aromatic N) is 6. The second kappa shape index (κ2) is 8.83. The van der Waals surface area contributed by atoms with Gasteiger partial charge < -0.3 is 14.5 Å². The van der Waals surface area contributed by atoms with Gasteiger partial charge in [0.15, 0.2) is 0 Å². The number of hydrogen-bond acceptors (Lipinski definition) is 7.